The number of hydrogen-bond donors (Lipinski definition) is 2. The molecule has 2 aromatic carbocycles. The number of thiazole rings is 1. The van der Waals surface area contributed by atoms with Crippen LogP contribution in [-0.2, 0) is 24.8 Å². The van der Waals surface area contributed by atoms with E-state index in [1.165, 1.54) is 16.9 Å². The Labute approximate surface area is 155 Å². The molecule has 2 N–H and O–H groups in total. The lowest BCUT2D eigenvalue weighted by atomic mass is 10.0. The van der Waals surface area contributed by atoms with Crippen LogP contribution in [0.2, 0.25) is 0 Å². The fourth-order valence-electron chi connectivity index (χ4n) is 3.02. The van der Waals surface area contributed by atoms with Crippen molar-refractivity contribution < 1.29 is 9.90 Å². The first-order valence-corrected chi connectivity index (χ1v) is 9.42. The van der Waals surface area contributed by atoms with E-state index >= 15 is 0 Å². The molecular weight excluding hydrogens is 348 g/mol. The maximum absolute atomic E-state index is 11.8. The number of benzene rings is 2. The highest BCUT2D eigenvalue weighted by Gasteiger charge is 2.12. The van der Waals surface area contributed by atoms with E-state index in [4.69, 9.17) is 5.11 Å². The van der Waals surface area contributed by atoms with Gasteiger partial charge in [0.2, 0.25) is 0 Å². The van der Waals surface area contributed by atoms with Crippen LogP contribution in [0.5, 0.6) is 0 Å². The van der Waals surface area contributed by atoms with Crippen LogP contribution in [0.3, 0.4) is 0 Å². The Bertz CT molecular complexity index is 947. The summed E-state index contributed by atoms with van der Waals surface area (Å²) in [7, 11) is 1.78. The molecule has 0 saturated carbocycles. The van der Waals surface area contributed by atoms with Crippen LogP contribution in [0.4, 0.5) is 0 Å². The fraction of sp³-hybridized carbons (Fsp3) is 0.300. The van der Waals surface area contributed by atoms with Gasteiger partial charge in [-0.05, 0) is 36.1 Å². The largest absolute Gasteiger partial charge is 0.481 e. The van der Waals surface area contributed by atoms with Crippen LogP contribution < -0.4 is 10.2 Å². The summed E-state index contributed by atoms with van der Waals surface area (Å²) in [5.74, 6) is -0.777. The zero-order valence-electron chi connectivity index (χ0n) is 14.6. The summed E-state index contributed by atoms with van der Waals surface area (Å²) in [6.45, 7) is 0.642. The number of carboxylic acid groups (broad SMARTS) is 1. The smallest absolute Gasteiger partial charge is 0.307 e. The first-order valence-electron chi connectivity index (χ1n) is 8.60. The van der Waals surface area contributed by atoms with Gasteiger partial charge in [-0.3, -0.25) is 9.59 Å². The standard InChI is InChI=1S/C20H22N2O3S/c1-22-17-9-7-15(12-18(17)26-20(22)25)13-21-16(8-10-19(23)24)11-14-5-3-2-4-6-14/h2-7,9,12,16,21H,8,10-11,13H2,1H3,(H,23,24). The number of aromatic nitrogens is 1. The third-order valence-corrected chi connectivity index (χ3v) is 5.48. The van der Waals surface area contributed by atoms with E-state index in [1.54, 1.807) is 11.6 Å². The Balaban J connectivity index is 1.69. The van der Waals surface area contributed by atoms with Gasteiger partial charge in [0.05, 0.1) is 10.2 Å². The molecule has 0 fully saturated rings. The van der Waals surface area contributed by atoms with Crippen LogP contribution in [0, 0.1) is 0 Å². The van der Waals surface area contributed by atoms with Crippen molar-refractivity contribution in [2.24, 2.45) is 7.05 Å². The van der Waals surface area contributed by atoms with Crippen molar-refractivity contribution in [1.29, 1.82) is 0 Å². The monoisotopic (exact) mass is 370 g/mol. The van der Waals surface area contributed by atoms with Gasteiger partial charge in [0, 0.05) is 26.1 Å². The Morgan fingerprint density at radius 2 is 1.96 bits per heavy atom. The van der Waals surface area contributed by atoms with Crippen LogP contribution >= 0.6 is 11.3 Å². The van der Waals surface area contributed by atoms with Crippen LogP contribution in [0.1, 0.15) is 24.0 Å². The first-order chi connectivity index (χ1) is 12.5. The molecule has 1 unspecified atom stereocenters. The molecule has 1 aromatic heterocycles. The quantitative estimate of drug-likeness (QED) is 0.639. The first kappa shape index (κ1) is 18.4. The van der Waals surface area contributed by atoms with E-state index in [0.717, 1.165) is 22.2 Å². The Kier molecular flexibility index (Phi) is 5.85. The number of hydrogen-bond acceptors (Lipinski definition) is 4. The zero-order chi connectivity index (χ0) is 18.5. The van der Waals surface area contributed by atoms with Gasteiger partial charge in [-0.1, -0.05) is 47.7 Å². The highest BCUT2D eigenvalue weighted by molar-refractivity contribution is 7.16. The highest BCUT2D eigenvalue weighted by atomic mass is 32.1. The zero-order valence-corrected chi connectivity index (χ0v) is 15.5. The maximum atomic E-state index is 11.8. The summed E-state index contributed by atoms with van der Waals surface area (Å²) in [6.07, 6.45) is 1.50. The molecule has 0 spiro atoms. The molecular formula is C20H22N2O3S. The summed E-state index contributed by atoms with van der Waals surface area (Å²) in [5.41, 5.74) is 3.22. The lowest BCUT2D eigenvalue weighted by molar-refractivity contribution is -0.137. The van der Waals surface area contributed by atoms with E-state index in [1.807, 2.05) is 36.4 Å². The lowest BCUT2D eigenvalue weighted by Gasteiger charge is -2.18. The number of nitrogens with one attached hydrogen (secondary N) is 1. The minimum absolute atomic E-state index is 0.0357. The number of aliphatic carboxylic acids is 1. The van der Waals surface area contributed by atoms with E-state index in [2.05, 4.69) is 17.4 Å². The van der Waals surface area contributed by atoms with Crippen molar-refractivity contribution in [3.63, 3.8) is 0 Å². The highest BCUT2D eigenvalue weighted by Crippen LogP contribution is 2.18. The van der Waals surface area contributed by atoms with Crippen molar-refractivity contribution in [2.45, 2.75) is 31.8 Å². The van der Waals surface area contributed by atoms with Gasteiger partial charge in [-0.25, -0.2) is 0 Å². The summed E-state index contributed by atoms with van der Waals surface area (Å²) in [5, 5.41) is 12.5. The van der Waals surface area contributed by atoms with Gasteiger partial charge in [0.15, 0.2) is 0 Å². The predicted octanol–water partition coefficient (Wildman–Crippen LogP) is 3.17. The molecule has 1 heterocycles. The van der Waals surface area contributed by atoms with E-state index in [9.17, 15) is 9.59 Å². The van der Waals surface area contributed by atoms with Crippen molar-refractivity contribution in [3.05, 3.63) is 69.3 Å². The minimum atomic E-state index is -0.777. The topological polar surface area (TPSA) is 71.3 Å². The number of carbonyl (C=O) groups is 1. The average Bonchev–Trinajstić information content (AvgIpc) is 2.92. The predicted molar refractivity (Wildman–Crippen MR) is 105 cm³/mol. The third kappa shape index (κ3) is 4.59. The van der Waals surface area contributed by atoms with E-state index in [-0.39, 0.29) is 17.3 Å². The molecule has 0 amide bonds. The maximum Gasteiger partial charge on any atom is 0.307 e. The number of carboxylic acids is 1. The molecule has 3 rings (SSSR count). The second-order valence-corrected chi connectivity index (χ2v) is 7.42. The molecule has 1 atom stereocenters. The molecule has 0 aliphatic heterocycles. The fourth-order valence-corrected chi connectivity index (χ4v) is 3.97. The van der Waals surface area contributed by atoms with Gasteiger partial charge in [-0.2, -0.15) is 0 Å². The number of rotatable bonds is 8. The normalized spacial score (nSPS) is 12.3. The van der Waals surface area contributed by atoms with Crippen LogP contribution in [-0.4, -0.2) is 21.7 Å². The Morgan fingerprint density at radius 3 is 2.69 bits per heavy atom. The molecule has 26 heavy (non-hydrogen) atoms. The molecule has 0 bridgehead atoms. The van der Waals surface area contributed by atoms with Crippen molar-refractivity contribution in [3.8, 4) is 0 Å². The van der Waals surface area contributed by atoms with E-state index in [0.29, 0.717) is 13.0 Å². The summed E-state index contributed by atoms with van der Waals surface area (Å²) >= 11 is 1.25. The van der Waals surface area contributed by atoms with Crippen molar-refractivity contribution in [1.82, 2.24) is 9.88 Å². The van der Waals surface area contributed by atoms with Crippen molar-refractivity contribution in [2.75, 3.05) is 0 Å². The second-order valence-electron chi connectivity index (χ2n) is 6.43. The molecule has 0 saturated heterocycles. The molecule has 5 nitrogen and oxygen atoms in total. The third-order valence-electron chi connectivity index (χ3n) is 4.48. The molecule has 3 aromatic rings. The van der Waals surface area contributed by atoms with Crippen LogP contribution in [0.25, 0.3) is 10.2 Å². The van der Waals surface area contributed by atoms with Gasteiger partial charge < -0.3 is 15.0 Å². The summed E-state index contributed by atoms with van der Waals surface area (Å²) < 4.78 is 2.63. The number of aryl methyl sites for hydroxylation is 1. The Morgan fingerprint density at radius 1 is 1.19 bits per heavy atom. The van der Waals surface area contributed by atoms with Crippen LogP contribution in [0.15, 0.2) is 53.3 Å². The second kappa shape index (κ2) is 8.29. The van der Waals surface area contributed by atoms with Gasteiger partial charge in [0.25, 0.3) is 0 Å². The molecule has 0 aliphatic rings. The van der Waals surface area contributed by atoms with E-state index < -0.39 is 5.97 Å². The average molecular weight is 370 g/mol. The summed E-state index contributed by atoms with van der Waals surface area (Å²) in [6, 6.07) is 16.2. The minimum Gasteiger partial charge on any atom is -0.481 e. The molecule has 0 radical (unpaired) electrons. The Hall–Kier alpha value is -2.44. The number of nitrogens with zero attached hydrogens (tertiary/aromatic N) is 1. The van der Waals surface area contributed by atoms with Crippen molar-refractivity contribution >= 4 is 27.5 Å². The SMILES string of the molecule is Cn1c(=O)sc2cc(CNC(CCC(=O)O)Cc3ccccc3)ccc21. The van der Waals surface area contributed by atoms with Gasteiger partial charge in [-0.15, -0.1) is 0 Å². The molecule has 136 valence electrons. The summed E-state index contributed by atoms with van der Waals surface area (Å²) in [4.78, 5) is 22.8. The van der Waals surface area contributed by atoms with Gasteiger partial charge >= 0.3 is 10.8 Å². The lowest BCUT2D eigenvalue weighted by Crippen LogP contribution is -2.31. The number of fused-ring (bicyclic) bond motifs is 1. The van der Waals surface area contributed by atoms with Gasteiger partial charge in [0.1, 0.15) is 0 Å². The molecule has 0 aliphatic carbocycles. The molecule has 6 heteroatoms.